The molecule has 0 bridgehead atoms. The molecule has 2 N–H and O–H groups in total. The number of thiophene rings is 1. The van der Waals surface area contributed by atoms with Gasteiger partial charge in [0.1, 0.15) is 0 Å². The number of amides is 2. The summed E-state index contributed by atoms with van der Waals surface area (Å²) in [6, 6.07) is 1.63. The third-order valence-electron chi connectivity index (χ3n) is 4.96. The van der Waals surface area contributed by atoms with Gasteiger partial charge in [-0.25, -0.2) is 0 Å². The molecule has 0 radical (unpaired) electrons. The van der Waals surface area contributed by atoms with E-state index < -0.39 is 0 Å². The summed E-state index contributed by atoms with van der Waals surface area (Å²) in [5.41, 5.74) is 0.596. The van der Waals surface area contributed by atoms with Crippen molar-refractivity contribution >= 4 is 28.9 Å². The second kappa shape index (κ2) is 8.10. The summed E-state index contributed by atoms with van der Waals surface area (Å²) in [4.78, 5) is 38.6. The van der Waals surface area contributed by atoms with Crippen molar-refractivity contribution in [3.05, 3.63) is 21.9 Å². The summed E-state index contributed by atoms with van der Waals surface area (Å²) in [5, 5.41) is 7.97. The zero-order chi connectivity index (χ0) is 17.8. The highest BCUT2D eigenvalue weighted by atomic mass is 32.1. The number of hydrogen-bond donors (Lipinski definition) is 2. The summed E-state index contributed by atoms with van der Waals surface area (Å²) in [6.07, 6.45) is 3.91. The molecule has 0 saturated carbocycles. The van der Waals surface area contributed by atoms with E-state index >= 15 is 0 Å². The van der Waals surface area contributed by atoms with Crippen LogP contribution in [0.3, 0.4) is 0 Å². The van der Waals surface area contributed by atoms with Crippen LogP contribution in [-0.4, -0.2) is 54.7 Å². The number of nitrogens with one attached hydrogen (secondary N) is 2. The molecule has 2 atom stereocenters. The SMILES string of the molecule is CC(=O)c1csc(C(=O)N2CCCC(CNC(=O)C3CCCN3)C2)c1. The van der Waals surface area contributed by atoms with Crippen molar-refractivity contribution in [2.45, 2.75) is 38.6 Å². The molecule has 2 saturated heterocycles. The first-order chi connectivity index (χ1) is 12.0. The zero-order valence-electron chi connectivity index (χ0n) is 14.5. The van der Waals surface area contributed by atoms with Gasteiger partial charge >= 0.3 is 0 Å². The average Bonchev–Trinajstić information content (AvgIpc) is 3.30. The van der Waals surface area contributed by atoms with E-state index in [1.54, 1.807) is 11.4 Å². The van der Waals surface area contributed by atoms with Crippen LogP contribution in [0.4, 0.5) is 0 Å². The van der Waals surface area contributed by atoms with Crippen LogP contribution in [0, 0.1) is 5.92 Å². The van der Waals surface area contributed by atoms with E-state index in [1.165, 1.54) is 18.3 Å². The molecule has 2 unspecified atom stereocenters. The summed E-state index contributed by atoms with van der Waals surface area (Å²) >= 11 is 1.33. The van der Waals surface area contributed by atoms with Crippen LogP contribution in [0.5, 0.6) is 0 Å². The number of nitrogens with zero attached hydrogens (tertiary/aromatic N) is 1. The van der Waals surface area contributed by atoms with Crippen molar-refractivity contribution in [2.75, 3.05) is 26.2 Å². The van der Waals surface area contributed by atoms with Crippen LogP contribution in [0.2, 0.25) is 0 Å². The molecule has 0 spiro atoms. The zero-order valence-corrected chi connectivity index (χ0v) is 15.4. The largest absolute Gasteiger partial charge is 0.354 e. The van der Waals surface area contributed by atoms with Crippen molar-refractivity contribution in [1.82, 2.24) is 15.5 Å². The van der Waals surface area contributed by atoms with E-state index in [4.69, 9.17) is 0 Å². The summed E-state index contributed by atoms with van der Waals surface area (Å²) in [7, 11) is 0. The van der Waals surface area contributed by atoms with Gasteiger partial charge in [0.05, 0.1) is 10.9 Å². The molecule has 3 rings (SSSR count). The summed E-state index contributed by atoms with van der Waals surface area (Å²) < 4.78 is 0. The van der Waals surface area contributed by atoms with E-state index in [-0.39, 0.29) is 29.6 Å². The minimum absolute atomic E-state index is 0.00835. The highest BCUT2D eigenvalue weighted by Crippen LogP contribution is 2.22. The van der Waals surface area contributed by atoms with E-state index in [2.05, 4.69) is 10.6 Å². The lowest BCUT2D eigenvalue weighted by Gasteiger charge is -2.32. The van der Waals surface area contributed by atoms with E-state index in [9.17, 15) is 14.4 Å². The van der Waals surface area contributed by atoms with Gasteiger partial charge in [-0.1, -0.05) is 0 Å². The quantitative estimate of drug-likeness (QED) is 0.780. The van der Waals surface area contributed by atoms with Crippen LogP contribution in [0.1, 0.15) is 52.6 Å². The Labute approximate surface area is 152 Å². The second-order valence-corrected chi connectivity index (χ2v) is 7.82. The Morgan fingerprint density at radius 3 is 2.84 bits per heavy atom. The molecule has 0 aliphatic carbocycles. The lowest BCUT2D eigenvalue weighted by Crippen LogP contribution is -2.46. The number of carbonyl (C=O) groups is 3. The van der Waals surface area contributed by atoms with Crippen LogP contribution in [0.15, 0.2) is 11.4 Å². The van der Waals surface area contributed by atoms with Gasteiger partial charge in [-0.3, -0.25) is 14.4 Å². The maximum absolute atomic E-state index is 12.7. The van der Waals surface area contributed by atoms with Crippen molar-refractivity contribution < 1.29 is 14.4 Å². The molecule has 7 heteroatoms. The smallest absolute Gasteiger partial charge is 0.263 e. The van der Waals surface area contributed by atoms with E-state index in [0.29, 0.717) is 23.5 Å². The Bertz CT molecular complexity index is 652. The fraction of sp³-hybridized carbons (Fsp3) is 0.611. The maximum atomic E-state index is 12.7. The van der Waals surface area contributed by atoms with Crippen LogP contribution in [-0.2, 0) is 4.79 Å². The molecule has 0 aromatic carbocycles. The Morgan fingerprint density at radius 1 is 1.32 bits per heavy atom. The highest BCUT2D eigenvalue weighted by Gasteiger charge is 2.27. The summed E-state index contributed by atoms with van der Waals surface area (Å²) in [6.45, 7) is 4.43. The minimum Gasteiger partial charge on any atom is -0.354 e. The molecule has 1 aromatic rings. The summed E-state index contributed by atoms with van der Waals surface area (Å²) in [5.74, 6) is 0.335. The van der Waals surface area contributed by atoms with Gasteiger partial charge in [-0.05, 0) is 51.1 Å². The standard InChI is InChI=1S/C18H25N3O3S/c1-12(22)14-8-16(25-11-14)18(24)21-7-3-4-13(10-21)9-20-17(23)15-5-2-6-19-15/h8,11,13,15,19H,2-7,9-10H2,1H3,(H,20,23). The van der Waals surface area contributed by atoms with Gasteiger partial charge in [0.2, 0.25) is 5.91 Å². The monoisotopic (exact) mass is 363 g/mol. The lowest BCUT2D eigenvalue weighted by atomic mass is 9.97. The maximum Gasteiger partial charge on any atom is 0.263 e. The molecule has 6 nitrogen and oxygen atoms in total. The van der Waals surface area contributed by atoms with Gasteiger partial charge < -0.3 is 15.5 Å². The predicted octanol–water partition coefficient (Wildman–Crippen LogP) is 1.67. The first kappa shape index (κ1) is 18.1. The van der Waals surface area contributed by atoms with Gasteiger partial charge in [-0.2, -0.15) is 0 Å². The minimum atomic E-state index is -0.0579. The number of ketones is 1. The normalized spacial score (nSPS) is 23.5. The molecule has 2 aliphatic rings. The Balaban J connectivity index is 1.52. The molecule has 2 amide bonds. The molecule has 2 aliphatic heterocycles. The van der Waals surface area contributed by atoms with Crippen LogP contribution in [0.25, 0.3) is 0 Å². The third kappa shape index (κ3) is 4.46. The molecule has 25 heavy (non-hydrogen) atoms. The van der Waals surface area contributed by atoms with E-state index in [0.717, 1.165) is 38.8 Å². The Morgan fingerprint density at radius 2 is 2.16 bits per heavy atom. The van der Waals surface area contributed by atoms with Gasteiger partial charge in [-0.15, -0.1) is 11.3 Å². The molecular formula is C18H25N3O3S. The Kier molecular flexibility index (Phi) is 5.86. The van der Waals surface area contributed by atoms with Crippen molar-refractivity contribution in [2.24, 2.45) is 5.92 Å². The fourth-order valence-electron chi connectivity index (χ4n) is 3.48. The van der Waals surface area contributed by atoms with Gasteiger partial charge in [0.25, 0.3) is 5.91 Å². The number of hydrogen-bond acceptors (Lipinski definition) is 5. The molecule has 1 aromatic heterocycles. The average molecular weight is 363 g/mol. The first-order valence-electron chi connectivity index (χ1n) is 8.94. The first-order valence-corrected chi connectivity index (χ1v) is 9.82. The number of Topliss-reactive ketones (excluding diaryl/α,β-unsaturated/α-hetero) is 1. The molecular weight excluding hydrogens is 338 g/mol. The number of carbonyl (C=O) groups excluding carboxylic acids is 3. The number of likely N-dealkylation sites (tertiary alicyclic amines) is 1. The van der Waals surface area contributed by atoms with Crippen molar-refractivity contribution in [3.8, 4) is 0 Å². The van der Waals surface area contributed by atoms with Crippen molar-refractivity contribution in [1.29, 1.82) is 0 Å². The molecule has 136 valence electrons. The van der Waals surface area contributed by atoms with Gasteiger partial charge in [0, 0.05) is 30.6 Å². The fourth-order valence-corrected chi connectivity index (χ4v) is 4.39. The predicted molar refractivity (Wildman–Crippen MR) is 97.0 cm³/mol. The highest BCUT2D eigenvalue weighted by molar-refractivity contribution is 7.12. The molecule has 2 fully saturated rings. The third-order valence-corrected chi connectivity index (χ3v) is 5.88. The van der Waals surface area contributed by atoms with E-state index in [1.807, 2.05) is 4.90 Å². The van der Waals surface area contributed by atoms with Crippen LogP contribution >= 0.6 is 11.3 Å². The molecule has 3 heterocycles. The van der Waals surface area contributed by atoms with Gasteiger partial charge in [0.15, 0.2) is 5.78 Å². The lowest BCUT2D eigenvalue weighted by molar-refractivity contribution is -0.123. The Hall–Kier alpha value is -1.73. The topological polar surface area (TPSA) is 78.5 Å². The van der Waals surface area contributed by atoms with Crippen molar-refractivity contribution in [3.63, 3.8) is 0 Å². The van der Waals surface area contributed by atoms with Crippen LogP contribution < -0.4 is 10.6 Å². The number of piperidine rings is 1. The number of rotatable bonds is 5. The second-order valence-electron chi connectivity index (χ2n) is 6.91.